The van der Waals surface area contributed by atoms with Gasteiger partial charge in [0, 0.05) is 30.0 Å². The number of rotatable bonds is 7. The molecule has 0 bridgehead atoms. The molecule has 1 atom stereocenters. The summed E-state index contributed by atoms with van der Waals surface area (Å²) in [6, 6.07) is 8.57. The third-order valence-corrected chi connectivity index (χ3v) is 4.60. The number of benzene rings is 2. The van der Waals surface area contributed by atoms with E-state index in [2.05, 4.69) is 10.2 Å². The van der Waals surface area contributed by atoms with Crippen LogP contribution in [0.3, 0.4) is 0 Å². The fraction of sp³-hybridized carbons (Fsp3) is 0.200. The zero-order valence-corrected chi connectivity index (χ0v) is 15.4. The molecule has 3 rings (SSSR count). The maximum Gasteiger partial charge on any atom is 0.267 e. The van der Waals surface area contributed by atoms with Crippen molar-refractivity contribution in [3.05, 3.63) is 86.6 Å². The van der Waals surface area contributed by atoms with Crippen LogP contribution in [-0.4, -0.2) is 23.2 Å². The molecule has 0 saturated heterocycles. The number of halogens is 3. The summed E-state index contributed by atoms with van der Waals surface area (Å²) in [6.45, 7) is 0. The summed E-state index contributed by atoms with van der Waals surface area (Å²) in [4.78, 5) is 24.0. The Morgan fingerprint density at radius 2 is 1.72 bits per heavy atom. The average Bonchev–Trinajstić information content (AvgIpc) is 3.04. The summed E-state index contributed by atoms with van der Waals surface area (Å²) < 4.78 is 46.0. The van der Waals surface area contributed by atoms with Gasteiger partial charge in [-0.3, -0.25) is 14.7 Å². The van der Waals surface area contributed by atoms with E-state index in [0.29, 0.717) is 11.4 Å². The summed E-state index contributed by atoms with van der Waals surface area (Å²) in [6.07, 6.45) is -0.124. The fourth-order valence-electron chi connectivity index (χ4n) is 3.22. The van der Waals surface area contributed by atoms with Crippen molar-refractivity contribution < 1.29 is 22.7 Å². The molecule has 29 heavy (non-hydrogen) atoms. The molecule has 9 heteroatoms. The van der Waals surface area contributed by atoms with Gasteiger partial charge in [-0.05, 0) is 35.4 Å². The summed E-state index contributed by atoms with van der Waals surface area (Å²) in [5.41, 5.74) is 5.99. The SMILES string of the molecule is COc1ccc(Cc2[nH][nH]c(=O)c2C(CC(N)=O)c2cc(F)c(F)c(F)c2)cc1. The van der Waals surface area contributed by atoms with Gasteiger partial charge in [-0.25, -0.2) is 13.2 Å². The highest BCUT2D eigenvalue weighted by atomic mass is 19.2. The first kappa shape index (κ1) is 20.2. The third-order valence-electron chi connectivity index (χ3n) is 4.60. The monoisotopic (exact) mass is 405 g/mol. The molecule has 0 aliphatic rings. The molecule has 4 N–H and O–H groups in total. The minimum absolute atomic E-state index is 0.0683. The second kappa shape index (κ2) is 8.26. The van der Waals surface area contributed by atoms with Crippen molar-refractivity contribution in [3.8, 4) is 5.75 Å². The van der Waals surface area contributed by atoms with Gasteiger partial charge in [0.05, 0.1) is 7.11 Å². The Balaban J connectivity index is 2.06. The first-order valence-electron chi connectivity index (χ1n) is 8.65. The van der Waals surface area contributed by atoms with E-state index in [1.807, 2.05) is 0 Å². The Morgan fingerprint density at radius 1 is 1.10 bits per heavy atom. The Kier molecular flexibility index (Phi) is 5.76. The number of nitrogens with one attached hydrogen (secondary N) is 2. The van der Waals surface area contributed by atoms with Crippen LogP contribution in [0.4, 0.5) is 13.2 Å². The van der Waals surface area contributed by atoms with E-state index >= 15 is 0 Å². The number of amides is 1. The van der Waals surface area contributed by atoms with Gasteiger partial charge in [0.1, 0.15) is 5.75 Å². The highest BCUT2D eigenvalue weighted by Gasteiger charge is 2.27. The number of carbonyl (C=O) groups excluding carboxylic acids is 1. The standard InChI is InChI=1S/C20H18F3N3O3/c1-29-12-4-2-10(3-5-12)6-16-18(20(28)26-25-16)13(9-17(24)27)11-7-14(21)19(23)15(22)8-11/h2-5,7-8,13H,6,9H2,1H3,(H2,24,27)(H2,25,26,28). The van der Waals surface area contributed by atoms with Crippen LogP contribution in [0.15, 0.2) is 41.2 Å². The molecule has 3 aromatic rings. The van der Waals surface area contributed by atoms with E-state index in [9.17, 15) is 22.8 Å². The van der Waals surface area contributed by atoms with Crippen LogP contribution < -0.4 is 16.0 Å². The van der Waals surface area contributed by atoms with Gasteiger partial charge in [-0.2, -0.15) is 0 Å². The number of aromatic nitrogens is 2. The van der Waals surface area contributed by atoms with Crippen molar-refractivity contribution in [1.29, 1.82) is 0 Å². The van der Waals surface area contributed by atoms with Gasteiger partial charge in [0.15, 0.2) is 17.5 Å². The van der Waals surface area contributed by atoms with Crippen molar-refractivity contribution in [2.45, 2.75) is 18.8 Å². The number of carbonyl (C=O) groups is 1. The maximum absolute atomic E-state index is 13.8. The van der Waals surface area contributed by atoms with Gasteiger partial charge in [0.25, 0.3) is 5.56 Å². The molecule has 0 aliphatic carbocycles. The minimum atomic E-state index is -1.63. The van der Waals surface area contributed by atoms with E-state index in [4.69, 9.17) is 10.5 Å². The van der Waals surface area contributed by atoms with E-state index in [-0.39, 0.29) is 24.0 Å². The Labute approximate surface area is 163 Å². The van der Waals surface area contributed by atoms with Crippen LogP contribution in [0.5, 0.6) is 5.75 Å². The first-order valence-corrected chi connectivity index (χ1v) is 8.65. The number of primary amides is 1. The zero-order chi connectivity index (χ0) is 21.1. The lowest BCUT2D eigenvalue weighted by Crippen LogP contribution is -2.21. The number of hydrogen-bond donors (Lipinski definition) is 3. The topological polar surface area (TPSA) is 101 Å². The van der Waals surface area contributed by atoms with Crippen molar-refractivity contribution in [1.82, 2.24) is 10.2 Å². The summed E-state index contributed by atoms with van der Waals surface area (Å²) in [5, 5.41) is 5.16. The highest BCUT2D eigenvalue weighted by Crippen LogP contribution is 2.30. The second-order valence-electron chi connectivity index (χ2n) is 6.52. The summed E-state index contributed by atoms with van der Waals surface area (Å²) in [7, 11) is 1.53. The second-order valence-corrected chi connectivity index (χ2v) is 6.52. The molecule has 1 aromatic heterocycles. The van der Waals surface area contributed by atoms with Crippen LogP contribution in [0.1, 0.15) is 34.7 Å². The quantitative estimate of drug-likeness (QED) is 0.527. The minimum Gasteiger partial charge on any atom is -0.497 e. The first-order chi connectivity index (χ1) is 13.8. The number of H-pyrrole nitrogens is 2. The molecular formula is C20H18F3N3O3. The molecule has 1 heterocycles. The third kappa shape index (κ3) is 4.34. The van der Waals surface area contributed by atoms with Gasteiger partial charge in [0.2, 0.25) is 5.91 Å². The Hall–Kier alpha value is -3.49. The maximum atomic E-state index is 13.8. The van der Waals surface area contributed by atoms with Gasteiger partial charge >= 0.3 is 0 Å². The van der Waals surface area contributed by atoms with Crippen LogP contribution in [0.2, 0.25) is 0 Å². The normalized spacial score (nSPS) is 12.0. The molecule has 1 unspecified atom stereocenters. The predicted octanol–water partition coefficient (Wildman–Crippen LogP) is 2.73. The average molecular weight is 405 g/mol. The molecule has 0 fully saturated rings. The predicted molar refractivity (Wildman–Crippen MR) is 99.2 cm³/mol. The van der Waals surface area contributed by atoms with Crippen molar-refractivity contribution in [3.63, 3.8) is 0 Å². The smallest absolute Gasteiger partial charge is 0.267 e. The Bertz CT molecular complexity index is 1070. The van der Waals surface area contributed by atoms with Crippen LogP contribution >= 0.6 is 0 Å². The molecule has 0 spiro atoms. The molecule has 152 valence electrons. The number of ether oxygens (including phenoxy) is 1. The lowest BCUT2D eigenvalue weighted by Gasteiger charge is -2.16. The van der Waals surface area contributed by atoms with E-state index in [1.54, 1.807) is 24.3 Å². The van der Waals surface area contributed by atoms with Crippen LogP contribution in [-0.2, 0) is 11.2 Å². The van der Waals surface area contributed by atoms with E-state index in [1.165, 1.54) is 7.11 Å². The van der Waals surface area contributed by atoms with Crippen molar-refractivity contribution in [2.24, 2.45) is 5.73 Å². The van der Waals surface area contributed by atoms with Gasteiger partial charge in [-0.15, -0.1) is 0 Å². The number of methoxy groups -OCH3 is 1. The van der Waals surface area contributed by atoms with Crippen molar-refractivity contribution >= 4 is 5.91 Å². The molecule has 0 radical (unpaired) electrons. The zero-order valence-electron chi connectivity index (χ0n) is 15.4. The molecule has 0 aliphatic heterocycles. The van der Waals surface area contributed by atoms with Crippen LogP contribution in [0, 0.1) is 17.5 Å². The number of aromatic amines is 2. The molecule has 1 amide bonds. The van der Waals surface area contributed by atoms with Crippen molar-refractivity contribution in [2.75, 3.05) is 7.11 Å². The number of nitrogens with two attached hydrogens (primary N) is 1. The lowest BCUT2D eigenvalue weighted by molar-refractivity contribution is -0.118. The molecule has 6 nitrogen and oxygen atoms in total. The Morgan fingerprint density at radius 3 is 2.28 bits per heavy atom. The highest BCUT2D eigenvalue weighted by molar-refractivity contribution is 5.75. The largest absolute Gasteiger partial charge is 0.497 e. The van der Waals surface area contributed by atoms with E-state index < -0.39 is 34.8 Å². The molecule has 2 aromatic carbocycles. The van der Waals surface area contributed by atoms with Gasteiger partial charge < -0.3 is 15.6 Å². The number of hydrogen-bond acceptors (Lipinski definition) is 3. The van der Waals surface area contributed by atoms with Gasteiger partial charge in [-0.1, -0.05) is 12.1 Å². The molecular weight excluding hydrogens is 387 g/mol. The van der Waals surface area contributed by atoms with Crippen LogP contribution in [0.25, 0.3) is 0 Å². The summed E-state index contributed by atoms with van der Waals surface area (Å²) in [5.74, 6) is -5.65. The molecule has 0 saturated carbocycles. The fourth-order valence-corrected chi connectivity index (χ4v) is 3.22. The summed E-state index contributed by atoms with van der Waals surface area (Å²) >= 11 is 0. The van der Waals surface area contributed by atoms with E-state index in [0.717, 1.165) is 17.7 Å². The lowest BCUT2D eigenvalue weighted by atomic mass is 9.87.